The molecule has 0 spiro atoms. The lowest BCUT2D eigenvalue weighted by Crippen LogP contribution is -2.46. The number of anilines is 2. The monoisotopic (exact) mass is 443 g/mol. The summed E-state index contributed by atoms with van der Waals surface area (Å²) in [6.07, 6.45) is 8.19. The average Bonchev–Trinajstić information content (AvgIpc) is 3.24. The number of nitrogens with one attached hydrogen (secondary N) is 2. The Hall–Kier alpha value is -3.23. The van der Waals surface area contributed by atoms with Gasteiger partial charge in [-0.25, -0.2) is 15.0 Å². The third kappa shape index (κ3) is 4.00. The second kappa shape index (κ2) is 8.61. The maximum absolute atomic E-state index is 5.76. The van der Waals surface area contributed by atoms with E-state index < -0.39 is 0 Å². The van der Waals surface area contributed by atoms with Gasteiger partial charge in [0.25, 0.3) is 0 Å². The summed E-state index contributed by atoms with van der Waals surface area (Å²) < 4.78 is 5.52. The minimum Gasteiger partial charge on any atom is -0.384 e. The zero-order valence-electron chi connectivity index (χ0n) is 18.6. The van der Waals surface area contributed by atoms with Crippen LogP contribution in [0.2, 0.25) is 0 Å². The number of aromatic amines is 1. The van der Waals surface area contributed by atoms with Gasteiger partial charge in [-0.2, -0.15) is 0 Å². The Morgan fingerprint density at radius 2 is 1.79 bits per heavy atom. The molecule has 0 amide bonds. The number of ether oxygens (including phenoxy) is 1. The molecule has 4 aromatic rings. The number of hydrogen-bond acceptors (Lipinski definition) is 7. The van der Waals surface area contributed by atoms with E-state index in [2.05, 4.69) is 48.4 Å². The molecule has 33 heavy (non-hydrogen) atoms. The summed E-state index contributed by atoms with van der Waals surface area (Å²) in [6.45, 7) is 3.87. The maximum atomic E-state index is 5.76. The standard InChI is InChI=1S/C25H29N7O/c26-22-8-2-17(14-27-22)16-1-7-21-20(13-16)23-24(28-15-29-25(23)31-21)30-18-3-5-19(6-4-18)32-9-11-33-12-10-32/h1-2,7-8,13-15,18-19H,3-6,9-12H2,(H2,26,27)(H2,28,29,30,31). The van der Waals surface area contributed by atoms with E-state index in [4.69, 9.17) is 10.5 Å². The topological polar surface area (TPSA) is 105 Å². The number of aromatic nitrogens is 4. The van der Waals surface area contributed by atoms with Gasteiger partial charge in [0.05, 0.1) is 18.6 Å². The Balaban J connectivity index is 1.26. The predicted octanol–water partition coefficient (Wildman–Crippen LogP) is 3.81. The fraction of sp³-hybridized carbons (Fsp3) is 0.400. The number of benzene rings is 1. The van der Waals surface area contributed by atoms with Crippen molar-refractivity contribution < 1.29 is 4.74 Å². The Bertz CT molecular complexity index is 1260. The van der Waals surface area contributed by atoms with Crippen molar-refractivity contribution in [3.05, 3.63) is 42.9 Å². The van der Waals surface area contributed by atoms with Gasteiger partial charge in [-0.15, -0.1) is 0 Å². The molecule has 0 unspecified atom stereocenters. The summed E-state index contributed by atoms with van der Waals surface area (Å²) in [6, 6.07) is 11.3. The molecule has 8 heteroatoms. The minimum absolute atomic E-state index is 0.426. The molecule has 2 aliphatic rings. The average molecular weight is 444 g/mol. The Kier molecular flexibility index (Phi) is 5.32. The first kappa shape index (κ1) is 20.4. The summed E-state index contributed by atoms with van der Waals surface area (Å²) in [5.74, 6) is 1.43. The number of pyridine rings is 1. The number of H-pyrrole nitrogens is 1. The lowest BCUT2D eigenvalue weighted by Gasteiger charge is -2.39. The second-order valence-electron chi connectivity index (χ2n) is 9.10. The van der Waals surface area contributed by atoms with Gasteiger partial charge in [0, 0.05) is 47.8 Å². The van der Waals surface area contributed by atoms with Gasteiger partial charge in [-0.05, 0) is 55.5 Å². The number of nitrogen functional groups attached to an aromatic ring is 1. The second-order valence-corrected chi connectivity index (χ2v) is 9.10. The quantitative estimate of drug-likeness (QED) is 0.440. The molecule has 8 nitrogen and oxygen atoms in total. The summed E-state index contributed by atoms with van der Waals surface area (Å²) in [4.78, 5) is 19.5. The fourth-order valence-corrected chi connectivity index (χ4v) is 5.31. The third-order valence-corrected chi connectivity index (χ3v) is 7.11. The van der Waals surface area contributed by atoms with E-state index in [1.54, 1.807) is 6.33 Å². The zero-order chi connectivity index (χ0) is 22.2. The van der Waals surface area contributed by atoms with Gasteiger partial charge in [-0.1, -0.05) is 6.07 Å². The molecule has 2 fully saturated rings. The van der Waals surface area contributed by atoms with Crippen molar-refractivity contribution in [2.24, 2.45) is 0 Å². The Morgan fingerprint density at radius 1 is 0.970 bits per heavy atom. The molecule has 0 atom stereocenters. The minimum atomic E-state index is 0.426. The van der Waals surface area contributed by atoms with E-state index >= 15 is 0 Å². The van der Waals surface area contributed by atoms with Crippen molar-refractivity contribution >= 4 is 33.6 Å². The van der Waals surface area contributed by atoms with Gasteiger partial charge in [-0.3, -0.25) is 4.90 Å². The molecule has 0 radical (unpaired) electrons. The van der Waals surface area contributed by atoms with Gasteiger partial charge in [0.15, 0.2) is 0 Å². The molecule has 0 bridgehead atoms. The summed E-state index contributed by atoms with van der Waals surface area (Å²) in [5, 5.41) is 5.91. The van der Waals surface area contributed by atoms with Crippen LogP contribution in [-0.4, -0.2) is 63.2 Å². The largest absolute Gasteiger partial charge is 0.384 e. The van der Waals surface area contributed by atoms with Crippen molar-refractivity contribution in [3.63, 3.8) is 0 Å². The fourth-order valence-electron chi connectivity index (χ4n) is 5.31. The van der Waals surface area contributed by atoms with E-state index in [1.807, 2.05) is 18.3 Å². The maximum Gasteiger partial charge on any atom is 0.143 e. The first-order valence-corrected chi connectivity index (χ1v) is 11.8. The first-order valence-electron chi connectivity index (χ1n) is 11.8. The predicted molar refractivity (Wildman–Crippen MR) is 131 cm³/mol. The Morgan fingerprint density at radius 3 is 2.58 bits per heavy atom. The van der Waals surface area contributed by atoms with E-state index in [9.17, 15) is 0 Å². The molecule has 4 N–H and O–H groups in total. The molecule has 1 saturated heterocycles. The number of hydrogen-bond donors (Lipinski definition) is 3. The van der Waals surface area contributed by atoms with Crippen LogP contribution in [0.3, 0.4) is 0 Å². The van der Waals surface area contributed by atoms with Crippen LogP contribution in [0.1, 0.15) is 25.7 Å². The molecule has 1 aliphatic heterocycles. The van der Waals surface area contributed by atoms with Crippen LogP contribution in [0.4, 0.5) is 11.6 Å². The van der Waals surface area contributed by atoms with E-state index in [1.165, 1.54) is 12.8 Å². The van der Waals surface area contributed by atoms with Crippen molar-refractivity contribution in [3.8, 4) is 11.1 Å². The van der Waals surface area contributed by atoms with Crippen molar-refractivity contribution in [2.75, 3.05) is 37.4 Å². The molecule has 170 valence electrons. The molecular weight excluding hydrogens is 414 g/mol. The molecular formula is C25H29N7O. The lowest BCUT2D eigenvalue weighted by atomic mass is 9.90. The third-order valence-electron chi connectivity index (χ3n) is 7.11. The number of morpholine rings is 1. The molecule has 3 aromatic heterocycles. The zero-order valence-corrected chi connectivity index (χ0v) is 18.6. The van der Waals surface area contributed by atoms with E-state index in [0.29, 0.717) is 17.9 Å². The van der Waals surface area contributed by atoms with Crippen LogP contribution in [0.25, 0.3) is 33.1 Å². The molecule has 4 heterocycles. The number of fused-ring (bicyclic) bond motifs is 3. The first-order chi connectivity index (χ1) is 16.2. The van der Waals surface area contributed by atoms with Crippen LogP contribution in [-0.2, 0) is 4.74 Å². The van der Waals surface area contributed by atoms with Crippen molar-refractivity contribution in [1.29, 1.82) is 0 Å². The van der Waals surface area contributed by atoms with Crippen LogP contribution < -0.4 is 11.1 Å². The molecule has 1 aromatic carbocycles. The highest BCUT2D eigenvalue weighted by molar-refractivity contribution is 6.12. The smallest absolute Gasteiger partial charge is 0.143 e. The molecule has 1 aliphatic carbocycles. The van der Waals surface area contributed by atoms with Crippen molar-refractivity contribution in [2.45, 2.75) is 37.8 Å². The molecule has 6 rings (SSSR count). The van der Waals surface area contributed by atoms with Crippen LogP contribution >= 0.6 is 0 Å². The number of nitrogens with two attached hydrogens (primary N) is 1. The highest BCUT2D eigenvalue weighted by Crippen LogP contribution is 2.34. The van der Waals surface area contributed by atoms with Crippen LogP contribution in [0.15, 0.2) is 42.9 Å². The summed E-state index contributed by atoms with van der Waals surface area (Å²) in [5.41, 5.74) is 9.80. The van der Waals surface area contributed by atoms with Crippen LogP contribution in [0.5, 0.6) is 0 Å². The van der Waals surface area contributed by atoms with Crippen LogP contribution in [0, 0.1) is 0 Å². The van der Waals surface area contributed by atoms with E-state index in [-0.39, 0.29) is 0 Å². The highest BCUT2D eigenvalue weighted by Gasteiger charge is 2.27. The summed E-state index contributed by atoms with van der Waals surface area (Å²) >= 11 is 0. The normalized spacial score (nSPS) is 22.1. The number of nitrogens with zero attached hydrogens (tertiary/aromatic N) is 4. The number of rotatable bonds is 4. The van der Waals surface area contributed by atoms with Gasteiger partial charge >= 0.3 is 0 Å². The van der Waals surface area contributed by atoms with Gasteiger partial charge in [0.1, 0.15) is 23.6 Å². The van der Waals surface area contributed by atoms with Crippen molar-refractivity contribution in [1.82, 2.24) is 24.8 Å². The van der Waals surface area contributed by atoms with Gasteiger partial charge in [0.2, 0.25) is 0 Å². The molecule has 1 saturated carbocycles. The summed E-state index contributed by atoms with van der Waals surface area (Å²) in [7, 11) is 0. The Labute approximate surface area is 192 Å². The SMILES string of the molecule is Nc1ccc(-c2ccc3[nH]c4ncnc(NC5CCC(N6CCOCC6)CC5)c4c3c2)cn1. The lowest BCUT2D eigenvalue weighted by molar-refractivity contribution is 0.00791. The van der Waals surface area contributed by atoms with E-state index in [0.717, 1.165) is 78.0 Å². The highest BCUT2D eigenvalue weighted by atomic mass is 16.5. The van der Waals surface area contributed by atoms with Gasteiger partial charge < -0.3 is 20.8 Å².